The van der Waals surface area contributed by atoms with Crippen LogP contribution in [0.15, 0.2) is 39.7 Å². The fraction of sp³-hybridized carbons (Fsp3) is 0.167. The molecule has 0 unspecified atom stereocenters. The van der Waals surface area contributed by atoms with Crippen LogP contribution in [-0.2, 0) is 0 Å². The third-order valence-corrected chi connectivity index (χ3v) is 2.62. The fourth-order valence-electron chi connectivity index (χ4n) is 1.70. The van der Waals surface area contributed by atoms with Gasteiger partial charge in [-0.15, -0.1) is 0 Å². The van der Waals surface area contributed by atoms with E-state index in [9.17, 15) is 0 Å². The summed E-state index contributed by atoms with van der Waals surface area (Å²) in [5.74, 6) is 1.10. The Labute approximate surface area is 97.9 Å². The fourth-order valence-corrected chi connectivity index (χ4v) is 1.70. The van der Waals surface area contributed by atoms with Crippen molar-refractivity contribution in [3.05, 3.63) is 36.1 Å². The Morgan fingerprint density at radius 3 is 3.00 bits per heavy atom. The lowest BCUT2D eigenvalue weighted by Gasteiger charge is -1.93. The molecule has 3 heterocycles. The summed E-state index contributed by atoms with van der Waals surface area (Å²) in [6.45, 7) is 1.94. The van der Waals surface area contributed by atoms with Gasteiger partial charge in [0.05, 0.1) is 0 Å². The predicted octanol–water partition coefficient (Wildman–Crippen LogP) is 2.34. The number of aliphatic imine (C=N–C) groups is 1. The normalized spacial score (nSPS) is 14.6. The molecule has 0 amide bonds. The molecule has 84 valence electrons. The maximum absolute atomic E-state index is 5.25. The summed E-state index contributed by atoms with van der Waals surface area (Å²) >= 11 is 0. The zero-order chi connectivity index (χ0) is 11.7. The Hall–Kier alpha value is -2.30. The Morgan fingerprint density at radius 2 is 2.29 bits per heavy atom. The molecule has 0 spiro atoms. The minimum Gasteiger partial charge on any atom is -0.334 e. The van der Waals surface area contributed by atoms with Crippen LogP contribution in [0.1, 0.15) is 19.2 Å². The van der Waals surface area contributed by atoms with Crippen LogP contribution in [0.3, 0.4) is 0 Å². The summed E-state index contributed by atoms with van der Waals surface area (Å²) in [4.78, 5) is 12.6. The number of allylic oxidation sites excluding steroid dienone is 2. The van der Waals surface area contributed by atoms with E-state index in [1.807, 2.05) is 25.3 Å². The second-order valence-corrected chi connectivity index (χ2v) is 3.74. The van der Waals surface area contributed by atoms with Crippen molar-refractivity contribution in [2.45, 2.75) is 13.3 Å². The van der Waals surface area contributed by atoms with E-state index in [4.69, 9.17) is 4.52 Å². The molecule has 2 aromatic heterocycles. The summed E-state index contributed by atoms with van der Waals surface area (Å²) in [6.07, 6.45) is 6.02. The van der Waals surface area contributed by atoms with Gasteiger partial charge in [-0.25, -0.2) is 0 Å². The number of aromatic nitrogens is 3. The van der Waals surface area contributed by atoms with Crippen molar-refractivity contribution in [3.63, 3.8) is 0 Å². The van der Waals surface area contributed by atoms with Crippen LogP contribution < -0.4 is 0 Å². The van der Waals surface area contributed by atoms with Gasteiger partial charge in [0.15, 0.2) is 0 Å². The molecule has 5 nitrogen and oxygen atoms in total. The Kier molecular flexibility index (Phi) is 2.29. The van der Waals surface area contributed by atoms with Gasteiger partial charge in [-0.1, -0.05) is 5.16 Å². The molecule has 0 radical (unpaired) electrons. The SMILES string of the molecule is CC1=C(c2nc(-c3cccnc3)no2)CC=N1. The topological polar surface area (TPSA) is 64.2 Å². The average molecular weight is 226 g/mol. The molecule has 1 aliphatic rings. The molecule has 2 aromatic rings. The minimum atomic E-state index is 0.541. The van der Waals surface area contributed by atoms with Crippen LogP contribution in [0.2, 0.25) is 0 Å². The first-order valence-electron chi connectivity index (χ1n) is 5.31. The molecule has 0 fully saturated rings. The van der Waals surface area contributed by atoms with Crippen LogP contribution >= 0.6 is 0 Å². The highest BCUT2D eigenvalue weighted by atomic mass is 16.5. The van der Waals surface area contributed by atoms with E-state index in [0.29, 0.717) is 11.7 Å². The molecule has 0 N–H and O–H groups in total. The lowest BCUT2D eigenvalue weighted by molar-refractivity contribution is 0.407. The van der Waals surface area contributed by atoms with Gasteiger partial charge < -0.3 is 4.52 Å². The van der Waals surface area contributed by atoms with Gasteiger partial charge in [-0.2, -0.15) is 4.98 Å². The quantitative estimate of drug-likeness (QED) is 0.788. The number of hydrogen-bond donors (Lipinski definition) is 0. The predicted molar refractivity (Wildman–Crippen MR) is 63.2 cm³/mol. The monoisotopic (exact) mass is 226 g/mol. The highest BCUT2D eigenvalue weighted by Crippen LogP contribution is 2.26. The van der Waals surface area contributed by atoms with Crippen LogP contribution in [0.5, 0.6) is 0 Å². The van der Waals surface area contributed by atoms with Gasteiger partial charge in [-0.05, 0) is 19.1 Å². The lowest BCUT2D eigenvalue weighted by atomic mass is 10.2. The van der Waals surface area contributed by atoms with Crippen molar-refractivity contribution in [2.75, 3.05) is 0 Å². The van der Waals surface area contributed by atoms with Crippen molar-refractivity contribution < 1.29 is 4.52 Å². The van der Waals surface area contributed by atoms with Gasteiger partial charge in [0, 0.05) is 41.9 Å². The van der Waals surface area contributed by atoms with Crippen LogP contribution in [0.4, 0.5) is 0 Å². The van der Waals surface area contributed by atoms with Gasteiger partial charge in [0.1, 0.15) is 0 Å². The van der Waals surface area contributed by atoms with E-state index < -0.39 is 0 Å². The zero-order valence-electron chi connectivity index (χ0n) is 9.29. The van der Waals surface area contributed by atoms with E-state index in [1.165, 1.54) is 0 Å². The molecule has 17 heavy (non-hydrogen) atoms. The van der Waals surface area contributed by atoms with Crippen molar-refractivity contribution in [1.82, 2.24) is 15.1 Å². The highest BCUT2D eigenvalue weighted by Gasteiger charge is 2.17. The van der Waals surface area contributed by atoms with Crippen LogP contribution in [-0.4, -0.2) is 21.3 Å². The van der Waals surface area contributed by atoms with Gasteiger partial charge in [0.2, 0.25) is 5.82 Å². The Balaban J connectivity index is 1.97. The average Bonchev–Trinajstić information content (AvgIpc) is 2.98. The third-order valence-electron chi connectivity index (χ3n) is 2.62. The lowest BCUT2D eigenvalue weighted by Crippen LogP contribution is -1.85. The summed E-state index contributed by atoms with van der Waals surface area (Å²) in [6, 6.07) is 3.74. The molecule has 0 saturated carbocycles. The summed E-state index contributed by atoms with van der Waals surface area (Å²) in [7, 11) is 0. The molecule has 0 atom stereocenters. The molecule has 0 saturated heterocycles. The Bertz CT molecular complexity index is 598. The maximum Gasteiger partial charge on any atom is 0.256 e. The molecule has 0 bridgehead atoms. The number of pyridine rings is 1. The molecule has 0 aliphatic carbocycles. The maximum atomic E-state index is 5.25. The smallest absolute Gasteiger partial charge is 0.256 e. The number of rotatable bonds is 2. The van der Waals surface area contributed by atoms with E-state index in [1.54, 1.807) is 12.4 Å². The standard InChI is InChI=1S/C12H10N4O/c1-8-10(4-6-14-8)12-15-11(16-17-12)9-3-2-5-13-7-9/h2-3,5-7H,4H2,1H3. The minimum absolute atomic E-state index is 0.541. The van der Waals surface area contributed by atoms with Crippen LogP contribution in [0.25, 0.3) is 17.0 Å². The number of nitrogens with zero attached hydrogens (tertiary/aromatic N) is 4. The second kappa shape index (κ2) is 3.93. The molecule has 1 aliphatic heterocycles. The van der Waals surface area contributed by atoms with Gasteiger partial charge in [-0.3, -0.25) is 9.98 Å². The molecule has 3 rings (SSSR count). The first-order valence-corrected chi connectivity index (χ1v) is 5.31. The van der Waals surface area contributed by atoms with Gasteiger partial charge in [0.25, 0.3) is 5.89 Å². The van der Waals surface area contributed by atoms with E-state index >= 15 is 0 Å². The van der Waals surface area contributed by atoms with Crippen LogP contribution in [0, 0.1) is 0 Å². The largest absolute Gasteiger partial charge is 0.334 e. The van der Waals surface area contributed by atoms with Gasteiger partial charge >= 0.3 is 0 Å². The highest BCUT2D eigenvalue weighted by molar-refractivity contribution is 5.84. The molecular weight excluding hydrogens is 216 g/mol. The van der Waals surface area contributed by atoms with E-state index in [-0.39, 0.29) is 0 Å². The van der Waals surface area contributed by atoms with Crippen molar-refractivity contribution in [1.29, 1.82) is 0 Å². The molecule has 0 aromatic carbocycles. The summed E-state index contributed by atoms with van der Waals surface area (Å²) in [5.41, 5.74) is 2.78. The Morgan fingerprint density at radius 1 is 1.35 bits per heavy atom. The molecular formula is C12H10N4O. The van der Waals surface area contributed by atoms with Crippen molar-refractivity contribution >= 4 is 11.8 Å². The first-order chi connectivity index (χ1) is 8.34. The van der Waals surface area contributed by atoms with Crippen molar-refractivity contribution in [2.24, 2.45) is 4.99 Å². The van der Waals surface area contributed by atoms with E-state index in [0.717, 1.165) is 23.3 Å². The molecule has 5 heteroatoms. The zero-order valence-corrected chi connectivity index (χ0v) is 9.29. The summed E-state index contributed by atoms with van der Waals surface area (Å²) in [5, 5.41) is 3.95. The third kappa shape index (κ3) is 1.75. The number of hydrogen-bond acceptors (Lipinski definition) is 5. The van der Waals surface area contributed by atoms with E-state index in [2.05, 4.69) is 20.1 Å². The van der Waals surface area contributed by atoms with Crippen molar-refractivity contribution in [3.8, 4) is 11.4 Å². The second-order valence-electron chi connectivity index (χ2n) is 3.74. The summed E-state index contributed by atoms with van der Waals surface area (Å²) < 4.78 is 5.25. The first kappa shape index (κ1) is 9.89.